The average Bonchev–Trinajstić information content (AvgIpc) is 2.58. The fraction of sp³-hybridized carbons (Fsp3) is 0.333. The van der Waals surface area contributed by atoms with Crippen molar-refractivity contribution in [2.24, 2.45) is 5.92 Å². The summed E-state index contributed by atoms with van der Waals surface area (Å²) in [4.78, 5) is 18.6. The van der Waals surface area contributed by atoms with Gasteiger partial charge in [0.25, 0.3) is 5.91 Å². The third-order valence-electron chi connectivity index (χ3n) is 4.30. The molecule has 1 aliphatic rings. The monoisotopic (exact) mass is 363 g/mol. The van der Waals surface area contributed by atoms with Gasteiger partial charge in [-0.05, 0) is 55.2 Å². The lowest BCUT2D eigenvalue weighted by molar-refractivity contribution is 0.102. The number of nitrogens with zero attached hydrogens (tertiary/aromatic N) is 2. The van der Waals surface area contributed by atoms with Crippen LogP contribution in [0.3, 0.4) is 0 Å². The van der Waals surface area contributed by atoms with Crippen LogP contribution in [0.1, 0.15) is 30.3 Å². The Morgan fingerprint density at radius 2 is 1.79 bits per heavy atom. The van der Waals surface area contributed by atoms with Gasteiger partial charge in [0.2, 0.25) is 0 Å². The van der Waals surface area contributed by atoms with E-state index in [0.717, 1.165) is 19.0 Å². The standard InChI is InChI=1S/C18H19Cl2N3O/c1-12-8-10-23(11-9-12)14-4-2-13(3-5-14)21-18(24)17-15(19)6-7-16(20)22-17/h2-7,12H,8-11H2,1H3,(H,21,24). The first-order valence-electron chi connectivity index (χ1n) is 8.01. The van der Waals surface area contributed by atoms with E-state index in [0.29, 0.717) is 5.69 Å². The van der Waals surface area contributed by atoms with Crippen LogP contribution in [0, 0.1) is 5.92 Å². The number of nitrogens with one attached hydrogen (secondary N) is 1. The Morgan fingerprint density at radius 3 is 2.46 bits per heavy atom. The smallest absolute Gasteiger partial charge is 0.275 e. The highest BCUT2D eigenvalue weighted by Crippen LogP contribution is 2.25. The molecule has 0 bridgehead atoms. The molecule has 1 aliphatic heterocycles. The Balaban J connectivity index is 1.68. The van der Waals surface area contributed by atoms with Crippen LogP contribution >= 0.6 is 23.2 Å². The molecule has 0 aliphatic carbocycles. The van der Waals surface area contributed by atoms with E-state index in [9.17, 15) is 4.79 Å². The number of benzene rings is 1. The zero-order chi connectivity index (χ0) is 17.1. The van der Waals surface area contributed by atoms with E-state index in [2.05, 4.69) is 22.1 Å². The number of pyridine rings is 1. The number of piperidine rings is 1. The fourth-order valence-corrected chi connectivity index (χ4v) is 3.13. The van der Waals surface area contributed by atoms with Crippen molar-refractivity contribution < 1.29 is 4.79 Å². The van der Waals surface area contributed by atoms with Gasteiger partial charge in [0, 0.05) is 24.5 Å². The quantitative estimate of drug-likeness (QED) is 0.790. The third-order valence-corrected chi connectivity index (χ3v) is 4.82. The van der Waals surface area contributed by atoms with Gasteiger partial charge < -0.3 is 10.2 Å². The molecule has 1 aromatic carbocycles. The van der Waals surface area contributed by atoms with Gasteiger partial charge in [-0.1, -0.05) is 30.1 Å². The highest BCUT2D eigenvalue weighted by atomic mass is 35.5. The molecule has 0 unspecified atom stereocenters. The third kappa shape index (κ3) is 4.00. The lowest BCUT2D eigenvalue weighted by atomic mass is 9.99. The minimum Gasteiger partial charge on any atom is -0.372 e. The van der Waals surface area contributed by atoms with E-state index in [-0.39, 0.29) is 21.8 Å². The Morgan fingerprint density at radius 1 is 1.12 bits per heavy atom. The van der Waals surface area contributed by atoms with Gasteiger partial charge in [-0.2, -0.15) is 0 Å². The number of hydrogen-bond acceptors (Lipinski definition) is 3. The van der Waals surface area contributed by atoms with Crippen molar-refractivity contribution in [1.29, 1.82) is 0 Å². The van der Waals surface area contributed by atoms with Crippen LogP contribution in [-0.4, -0.2) is 24.0 Å². The minimum absolute atomic E-state index is 0.123. The first-order valence-corrected chi connectivity index (χ1v) is 8.77. The summed E-state index contributed by atoms with van der Waals surface area (Å²) in [5, 5.41) is 3.31. The molecule has 2 heterocycles. The maximum Gasteiger partial charge on any atom is 0.275 e. The summed E-state index contributed by atoms with van der Waals surface area (Å²) in [5.41, 5.74) is 2.00. The predicted octanol–water partition coefficient (Wildman–Crippen LogP) is 4.88. The maximum atomic E-state index is 12.3. The van der Waals surface area contributed by atoms with Gasteiger partial charge >= 0.3 is 0 Å². The molecule has 0 atom stereocenters. The van der Waals surface area contributed by atoms with Gasteiger partial charge in [0.1, 0.15) is 10.8 Å². The van der Waals surface area contributed by atoms with Crippen molar-refractivity contribution in [2.75, 3.05) is 23.3 Å². The topological polar surface area (TPSA) is 45.2 Å². The molecule has 1 aromatic heterocycles. The largest absolute Gasteiger partial charge is 0.372 e. The summed E-state index contributed by atoms with van der Waals surface area (Å²) in [5.74, 6) is 0.428. The molecular weight excluding hydrogens is 345 g/mol. The molecule has 1 fully saturated rings. The summed E-state index contributed by atoms with van der Waals surface area (Å²) < 4.78 is 0. The summed E-state index contributed by atoms with van der Waals surface area (Å²) in [7, 11) is 0. The Kier molecular flexibility index (Phi) is 5.27. The van der Waals surface area contributed by atoms with E-state index >= 15 is 0 Å². The summed E-state index contributed by atoms with van der Waals surface area (Å²) in [6.45, 7) is 4.45. The van der Waals surface area contributed by atoms with Crippen molar-refractivity contribution in [3.8, 4) is 0 Å². The van der Waals surface area contributed by atoms with Gasteiger partial charge in [0.15, 0.2) is 0 Å². The predicted molar refractivity (Wildman–Crippen MR) is 99.3 cm³/mol. The summed E-state index contributed by atoms with van der Waals surface area (Å²) in [6, 6.07) is 11.0. The van der Waals surface area contributed by atoms with E-state index in [1.54, 1.807) is 12.1 Å². The summed E-state index contributed by atoms with van der Waals surface area (Å²) in [6.07, 6.45) is 2.44. The summed E-state index contributed by atoms with van der Waals surface area (Å²) >= 11 is 11.8. The number of carbonyl (C=O) groups is 1. The van der Waals surface area contributed by atoms with Crippen LogP contribution in [0.4, 0.5) is 11.4 Å². The van der Waals surface area contributed by atoms with E-state index < -0.39 is 0 Å². The van der Waals surface area contributed by atoms with E-state index in [1.807, 2.05) is 24.3 Å². The van der Waals surface area contributed by atoms with Crippen molar-refractivity contribution in [3.05, 3.63) is 52.3 Å². The number of halogens is 2. The highest BCUT2D eigenvalue weighted by molar-refractivity contribution is 6.35. The number of hydrogen-bond donors (Lipinski definition) is 1. The normalized spacial score (nSPS) is 15.4. The molecule has 1 amide bonds. The van der Waals surface area contributed by atoms with Crippen LogP contribution in [0.15, 0.2) is 36.4 Å². The number of amides is 1. The molecule has 3 rings (SSSR count). The molecule has 1 saturated heterocycles. The minimum atomic E-state index is -0.373. The molecule has 0 saturated carbocycles. The zero-order valence-electron chi connectivity index (χ0n) is 13.4. The van der Waals surface area contributed by atoms with E-state index in [4.69, 9.17) is 23.2 Å². The molecule has 4 nitrogen and oxygen atoms in total. The number of carbonyl (C=O) groups excluding carboxylic acids is 1. The van der Waals surface area contributed by atoms with E-state index in [1.165, 1.54) is 18.5 Å². The Bertz CT molecular complexity index is 726. The van der Waals surface area contributed by atoms with Gasteiger partial charge in [-0.3, -0.25) is 4.79 Å². The molecule has 126 valence electrons. The van der Waals surface area contributed by atoms with Crippen molar-refractivity contribution in [3.63, 3.8) is 0 Å². The Hall–Kier alpha value is -1.78. The van der Waals surface area contributed by atoms with Crippen molar-refractivity contribution in [2.45, 2.75) is 19.8 Å². The van der Waals surface area contributed by atoms with Crippen LogP contribution in [0.5, 0.6) is 0 Å². The Labute approximate surface area is 151 Å². The highest BCUT2D eigenvalue weighted by Gasteiger charge is 2.16. The zero-order valence-corrected chi connectivity index (χ0v) is 14.9. The lowest BCUT2D eigenvalue weighted by Crippen LogP contribution is -2.32. The number of rotatable bonds is 3. The van der Waals surface area contributed by atoms with Gasteiger partial charge in [0.05, 0.1) is 5.02 Å². The van der Waals surface area contributed by atoms with Crippen molar-refractivity contribution >= 4 is 40.5 Å². The SMILES string of the molecule is CC1CCN(c2ccc(NC(=O)c3nc(Cl)ccc3Cl)cc2)CC1. The van der Waals surface area contributed by atoms with Gasteiger partial charge in [-0.25, -0.2) is 4.98 Å². The van der Waals surface area contributed by atoms with Gasteiger partial charge in [-0.15, -0.1) is 0 Å². The molecule has 2 aromatic rings. The van der Waals surface area contributed by atoms with Crippen molar-refractivity contribution in [1.82, 2.24) is 4.98 Å². The molecule has 0 radical (unpaired) electrons. The molecule has 24 heavy (non-hydrogen) atoms. The van der Waals surface area contributed by atoms with Crippen LogP contribution in [0.2, 0.25) is 10.2 Å². The first-order chi connectivity index (χ1) is 11.5. The molecular formula is C18H19Cl2N3O. The molecule has 1 N–H and O–H groups in total. The van der Waals surface area contributed by atoms with Crippen LogP contribution < -0.4 is 10.2 Å². The second-order valence-electron chi connectivity index (χ2n) is 6.13. The van der Waals surface area contributed by atoms with Crippen LogP contribution in [-0.2, 0) is 0 Å². The fourth-order valence-electron chi connectivity index (χ4n) is 2.79. The first kappa shape index (κ1) is 17.1. The lowest BCUT2D eigenvalue weighted by Gasteiger charge is -2.32. The second kappa shape index (κ2) is 7.41. The molecule has 6 heteroatoms. The average molecular weight is 364 g/mol. The van der Waals surface area contributed by atoms with Crippen LogP contribution in [0.25, 0.3) is 0 Å². The number of aromatic nitrogens is 1. The maximum absolute atomic E-state index is 12.3. The molecule has 0 spiro atoms. The second-order valence-corrected chi connectivity index (χ2v) is 6.93. The number of anilines is 2.